The summed E-state index contributed by atoms with van der Waals surface area (Å²) in [5.41, 5.74) is 3.60. The Morgan fingerprint density at radius 1 is 1.03 bits per heavy atom. The number of aromatic hydroxyl groups is 1. The second-order valence-corrected chi connectivity index (χ2v) is 11.5. The third-order valence-electron chi connectivity index (χ3n) is 8.34. The average molecular weight is 595 g/mol. The number of pyridine rings is 1. The largest absolute Gasteiger partial charge is 0.504 e. The molecule has 0 radical (unpaired) electrons. The summed E-state index contributed by atoms with van der Waals surface area (Å²) in [4.78, 5) is 20.5. The smallest absolute Gasteiger partial charge is 0.170 e. The molecule has 2 aliphatic carbocycles. The summed E-state index contributed by atoms with van der Waals surface area (Å²) in [6.07, 6.45) is 10.8. The van der Waals surface area contributed by atoms with E-state index >= 15 is 0 Å². The van der Waals surface area contributed by atoms with Gasteiger partial charge in [0.2, 0.25) is 0 Å². The zero-order valence-electron chi connectivity index (χ0n) is 21.8. The first kappa shape index (κ1) is 29.9. The summed E-state index contributed by atoms with van der Waals surface area (Å²) in [6.45, 7) is 3.70. The second kappa shape index (κ2) is 12.6. The minimum atomic E-state index is -0.762. The van der Waals surface area contributed by atoms with Crippen LogP contribution in [0.5, 0.6) is 5.75 Å². The maximum atomic E-state index is 14.2. The van der Waals surface area contributed by atoms with Crippen molar-refractivity contribution in [1.82, 2.24) is 9.88 Å². The Balaban J connectivity index is 0.00000176. The second-order valence-electron chi connectivity index (χ2n) is 11.1. The molecule has 0 atom stereocenters. The topological polar surface area (TPSA) is 65.5 Å². The van der Waals surface area contributed by atoms with E-state index in [4.69, 9.17) is 11.6 Å². The molecule has 0 spiro atoms. The monoisotopic (exact) mass is 593 g/mol. The Bertz CT molecular complexity index is 1310. The first-order chi connectivity index (χ1) is 18.0. The van der Waals surface area contributed by atoms with Crippen LogP contribution in [0.1, 0.15) is 61.7 Å². The Kier molecular flexibility index (Phi) is 9.64. The number of anilines is 1. The van der Waals surface area contributed by atoms with Gasteiger partial charge in [-0.05, 0) is 106 Å². The van der Waals surface area contributed by atoms with E-state index in [1.807, 2.05) is 18.2 Å². The van der Waals surface area contributed by atoms with Gasteiger partial charge >= 0.3 is 0 Å². The first-order valence-corrected chi connectivity index (χ1v) is 14.0. The molecule has 2 N–H and O–H groups in total. The highest BCUT2D eigenvalue weighted by molar-refractivity contribution is 6.32. The van der Waals surface area contributed by atoms with Gasteiger partial charge in [-0.3, -0.25) is 9.78 Å². The Morgan fingerprint density at radius 2 is 1.74 bits per heavy atom. The number of aromatic nitrogens is 1. The van der Waals surface area contributed by atoms with Gasteiger partial charge in [0.05, 0.1) is 21.8 Å². The van der Waals surface area contributed by atoms with Gasteiger partial charge in [0.1, 0.15) is 0 Å². The molecule has 1 saturated heterocycles. The van der Waals surface area contributed by atoms with Crippen LogP contribution in [0.4, 0.5) is 10.1 Å². The van der Waals surface area contributed by atoms with Gasteiger partial charge in [0.25, 0.3) is 0 Å². The van der Waals surface area contributed by atoms with Crippen molar-refractivity contribution < 1.29 is 14.3 Å². The minimum Gasteiger partial charge on any atom is -0.504 e. The molecule has 5 nitrogen and oxygen atoms in total. The van der Waals surface area contributed by atoms with Gasteiger partial charge < -0.3 is 15.3 Å². The molecule has 0 unspecified atom stereocenters. The number of Topliss-reactive ketones (excluding diaryl/α,β-unsaturated/α-hetero) is 1. The fourth-order valence-electron chi connectivity index (χ4n) is 6.04. The number of rotatable bonds is 7. The molecule has 9 heteroatoms. The minimum absolute atomic E-state index is 0. The van der Waals surface area contributed by atoms with E-state index in [9.17, 15) is 14.3 Å². The van der Waals surface area contributed by atoms with Crippen LogP contribution in [0.25, 0.3) is 22.0 Å². The lowest BCUT2D eigenvalue weighted by Crippen LogP contribution is -2.33. The van der Waals surface area contributed by atoms with E-state index in [1.165, 1.54) is 51.4 Å². The number of ketones is 1. The van der Waals surface area contributed by atoms with Crippen molar-refractivity contribution in [2.24, 2.45) is 11.8 Å². The van der Waals surface area contributed by atoms with Gasteiger partial charge in [-0.1, -0.05) is 17.7 Å². The highest BCUT2D eigenvalue weighted by atomic mass is 35.5. The highest BCUT2D eigenvalue weighted by Gasteiger charge is 2.33. The molecule has 2 heterocycles. The van der Waals surface area contributed by atoms with Crippen molar-refractivity contribution in [2.45, 2.75) is 57.4 Å². The Morgan fingerprint density at radius 3 is 2.41 bits per heavy atom. The molecule has 2 saturated carbocycles. The van der Waals surface area contributed by atoms with Crippen molar-refractivity contribution in [2.75, 3.05) is 25.0 Å². The third-order valence-corrected chi connectivity index (χ3v) is 8.63. The number of benzene rings is 2. The predicted octanol–water partition coefficient (Wildman–Crippen LogP) is 7.90. The van der Waals surface area contributed by atoms with E-state index in [0.29, 0.717) is 17.2 Å². The quantitative estimate of drug-likeness (QED) is 0.272. The number of phenols is 1. The SMILES string of the molecule is Cl.Cl.O=C(c1cnc2ccc(-c3cc(F)c(O)c(Cl)c3)cc2c1N[C@H]1CC[C@H](CN2CCCC2)CC1)C1CC1. The van der Waals surface area contributed by atoms with Gasteiger partial charge in [0.15, 0.2) is 17.3 Å². The number of carbonyl (C=O) groups is 1. The number of phenolic OH excluding ortho intramolecular Hbond substituents is 1. The number of carbonyl (C=O) groups excluding carboxylic acids is 1. The molecule has 3 fully saturated rings. The maximum Gasteiger partial charge on any atom is 0.170 e. The molecule has 3 aromatic rings. The first-order valence-electron chi connectivity index (χ1n) is 13.6. The van der Waals surface area contributed by atoms with Crippen LogP contribution in [-0.2, 0) is 0 Å². The summed E-state index contributed by atoms with van der Waals surface area (Å²) in [5.74, 6) is -0.318. The van der Waals surface area contributed by atoms with Gasteiger partial charge in [-0.25, -0.2) is 4.39 Å². The zero-order valence-corrected chi connectivity index (χ0v) is 24.2. The van der Waals surface area contributed by atoms with Crippen LogP contribution in [-0.4, -0.2) is 46.4 Å². The van der Waals surface area contributed by atoms with E-state index in [0.717, 1.165) is 53.8 Å². The van der Waals surface area contributed by atoms with E-state index in [2.05, 4.69) is 15.2 Å². The molecule has 0 bridgehead atoms. The van der Waals surface area contributed by atoms with Gasteiger partial charge in [0, 0.05) is 30.1 Å². The normalized spacial score (nSPS) is 21.3. The van der Waals surface area contributed by atoms with Crippen LogP contribution in [0.2, 0.25) is 5.02 Å². The third kappa shape index (κ3) is 6.45. The van der Waals surface area contributed by atoms with Gasteiger partial charge in [-0.2, -0.15) is 0 Å². The molecule has 0 amide bonds. The van der Waals surface area contributed by atoms with Crippen LogP contribution in [0.15, 0.2) is 36.5 Å². The fraction of sp³-hybridized carbons (Fsp3) is 0.467. The lowest BCUT2D eigenvalue weighted by Gasteiger charge is -2.32. The fourth-order valence-corrected chi connectivity index (χ4v) is 6.24. The number of likely N-dealkylation sites (tertiary alicyclic amines) is 1. The molecule has 210 valence electrons. The van der Waals surface area contributed by atoms with Crippen LogP contribution < -0.4 is 5.32 Å². The van der Waals surface area contributed by atoms with Crippen LogP contribution >= 0.6 is 36.4 Å². The number of halogens is 4. The number of nitrogens with zero attached hydrogens (tertiary/aromatic N) is 2. The van der Waals surface area contributed by atoms with E-state index < -0.39 is 11.6 Å². The maximum absolute atomic E-state index is 14.2. The van der Waals surface area contributed by atoms with Crippen molar-refractivity contribution in [3.05, 3.63) is 52.9 Å². The lowest BCUT2D eigenvalue weighted by atomic mass is 9.85. The summed E-state index contributed by atoms with van der Waals surface area (Å²) in [7, 11) is 0. The van der Waals surface area contributed by atoms with Crippen molar-refractivity contribution >= 4 is 58.8 Å². The number of nitrogens with one attached hydrogen (secondary N) is 1. The molecule has 2 aromatic carbocycles. The molecule has 6 rings (SSSR count). The predicted molar refractivity (Wildman–Crippen MR) is 160 cm³/mol. The molecule has 39 heavy (non-hydrogen) atoms. The van der Waals surface area contributed by atoms with Crippen LogP contribution in [0.3, 0.4) is 0 Å². The highest BCUT2D eigenvalue weighted by Crippen LogP contribution is 2.40. The van der Waals surface area contributed by atoms with Crippen molar-refractivity contribution in [3.8, 4) is 16.9 Å². The summed E-state index contributed by atoms with van der Waals surface area (Å²) in [6, 6.07) is 8.86. The molecular formula is C30H35Cl3FN3O2. The molecule has 1 aliphatic heterocycles. The average Bonchev–Trinajstić information content (AvgIpc) is 3.64. The lowest BCUT2D eigenvalue weighted by molar-refractivity contribution is 0.0968. The summed E-state index contributed by atoms with van der Waals surface area (Å²) < 4.78 is 14.2. The van der Waals surface area contributed by atoms with E-state index in [1.54, 1.807) is 12.3 Å². The molecule has 3 aliphatic rings. The Labute approximate surface area is 246 Å². The van der Waals surface area contributed by atoms with Crippen molar-refractivity contribution in [3.63, 3.8) is 0 Å². The number of hydrogen-bond donors (Lipinski definition) is 2. The van der Waals surface area contributed by atoms with Crippen LogP contribution in [0, 0.1) is 17.7 Å². The molecular weight excluding hydrogens is 560 g/mol. The van der Waals surface area contributed by atoms with Gasteiger partial charge in [-0.15, -0.1) is 24.8 Å². The number of hydrogen-bond acceptors (Lipinski definition) is 5. The molecule has 1 aromatic heterocycles. The number of fused-ring (bicyclic) bond motifs is 1. The summed E-state index contributed by atoms with van der Waals surface area (Å²) in [5, 5.41) is 14.4. The van der Waals surface area contributed by atoms with E-state index in [-0.39, 0.29) is 41.5 Å². The Hall–Kier alpha value is -2.12. The standard InChI is InChI=1S/C30H33ClFN3O2.2ClH/c31-25-14-21(15-26(32)30(25)37)20-7-10-27-23(13-20)28(24(16-33-27)29(36)19-5-6-19)34-22-8-3-18(4-9-22)17-35-11-1-2-12-35;;/h7,10,13-16,18-19,22,37H,1-6,8-9,11-12,17H2,(H,33,34);2*1H/t18-,22-;;. The zero-order chi connectivity index (χ0) is 25.5. The van der Waals surface area contributed by atoms with Crippen molar-refractivity contribution in [1.29, 1.82) is 0 Å². The summed E-state index contributed by atoms with van der Waals surface area (Å²) >= 11 is 6.06.